The lowest BCUT2D eigenvalue weighted by atomic mass is 9.77. The summed E-state index contributed by atoms with van der Waals surface area (Å²) in [5.41, 5.74) is -1.06. The van der Waals surface area contributed by atoms with E-state index >= 15 is 0 Å². The van der Waals surface area contributed by atoms with Crippen LogP contribution in [0.4, 0.5) is 5.69 Å². The van der Waals surface area contributed by atoms with E-state index in [2.05, 4.69) is 4.74 Å². The molecule has 0 unspecified atom stereocenters. The van der Waals surface area contributed by atoms with Gasteiger partial charge in [0.1, 0.15) is 0 Å². The summed E-state index contributed by atoms with van der Waals surface area (Å²) in [5, 5.41) is 11.3. The maximum Gasteiger partial charge on any atom is 0.501 e. The molecular formula is C14H18BNO6. The van der Waals surface area contributed by atoms with E-state index in [1.165, 1.54) is 25.3 Å². The minimum absolute atomic E-state index is 0.106. The van der Waals surface area contributed by atoms with Crippen molar-refractivity contribution in [3.8, 4) is 0 Å². The van der Waals surface area contributed by atoms with Crippen LogP contribution in [0.5, 0.6) is 0 Å². The Morgan fingerprint density at radius 1 is 1.23 bits per heavy atom. The van der Waals surface area contributed by atoms with Crippen LogP contribution in [0.2, 0.25) is 0 Å². The Balaban J connectivity index is 2.44. The number of nitro benzene ring substituents is 1. The highest BCUT2D eigenvalue weighted by Crippen LogP contribution is 2.37. The second-order valence-corrected chi connectivity index (χ2v) is 6.11. The first-order chi connectivity index (χ1) is 10.1. The van der Waals surface area contributed by atoms with Gasteiger partial charge in [-0.25, -0.2) is 4.79 Å². The lowest BCUT2D eigenvalue weighted by Gasteiger charge is -2.32. The van der Waals surface area contributed by atoms with Crippen molar-refractivity contribution in [2.24, 2.45) is 0 Å². The van der Waals surface area contributed by atoms with Crippen LogP contribution in [0.25, 0.3) is 0 Å². The molecule has 1 heterocycles. The minimum Gasteiger partial charge on any atom is -0.465 e. The lowest BCUT2D eigenvalue weighted by Crippen LogP contribution is -2.41. The third kappa shape index (κ3) is 2.71. The van der Waals surface area contributed by atoms with E-state index in [0.717, 1.165) is 0 Å². The number of nitro groups is 1. The summed E-state index contributed by atoms with van der Waals surface area (Å²) in [7, 11) is 0.355. The van der Waals surface area contributed by atoms with E-state index in [0.29, 0.717) is 0 Å². The quantitative estimate of drug-likeness (QED) is 0.365. The van der Waals surface area contributed by atoms with Crippen molar-refractivity contribution >= 4 is 24.2 Å². The Morgan fingerprint density at radius 3 is 2.23 bits per heavy atom. The fourth-order valence-corrected chi connectivity index (χ4v) is 2.12. The average Bonchev–Trinajstić information content (AvgIpc) is 2.65. The molecular weight excluding hydrogens is 289 g/mol. The van der Waals surface area contributed by atoms with Crippen molar-refractivity contribution in [1.82, 2.24) is 0 Å². The maximum absolute atomic E-state index is 11.5. The molecule has 1 aromatic rings. The lowest BCUT2D eigenvalue weighted by molar-refractivity contribution is -0.383. The molecule has 0 aromatic heterocycles. The van der Waals surface area contributed by atoms with E-state index in [-0.39, 0.29) is 16.7 Å². The first-order valence-electron chi connectivity index (χ1n) is 6.81. The number of benzene rings is 1. The SMILES string of the molecule is COC(=O)c1ccc(B2OC(C)(C)C(C)(C)O2)c([N+](=O)[O-])c1. The van der Waals surface area contributed by atoms with Gasteiger partial charge in [-0.05, 0) is 33.8 Å². The highest BCUT2D eigenvalue weighted by atomic mass is 16.7. The zero-order chi connectivity index (χ0) is 16.7. The highest BCUT2D eigenvalue weighted by Gasteiger charge is 2.53. The number of esters is 1. The molecule has 0 spiro atoms. The van der Waals surface area contributed by atoms with Gasteiger partial charge in [0, 0.05) is 6.07 Å². The van der Waals surface area contributed by atoms with Gasteiger partial charge in [-0.1, -0.05) is 6.07 Å². The van der Waals surface area contributed by atoms with Crippen LogP contribution in [0, 0.1) is 10.1 Å². The van der Waals surface area contributed by atoms with Crippen molar-refractivity contribution < 1.29 is 23.8 Å². The van der Waals surface area contributed by atoms with E-state index in [1.807, 2.05) is 27.7 Å². The molecule has 1 aliphatic heterocycles. The largest absolute Gasteiger partial charge is 0.501 e. The Bertz CT molecular complexity index is 612. The summed E-state index contributed by atoms with van der Waals surface area (Å²) >= 11 is 0. The molecule has 1 saturated heterocycles. The van der Waals surface area contributed by atoms with E-state index < -0.39 is 29.2 Å². The molecule has 1 aliphatic rings. The number of methoxy groups -OCH3 is 1. The number of ether oxygens (including phenoxy) is 1. The van der Waals surface area contributed by atoms with Gasteiger partial charge in [0.2, 0.25) is 0 Å². The monoisotopic (exact) mass is 307 g/mol. The standard InChI is InChI=1S/C14H18BNO6/c1-13(2)14(3,4)22-15(21-13)10-7-6-9(12(17)20-5)8-11(10)16(18)19/h6-8H,1-5H3. The van der Waals surface area contributed by atoms with Crippen LogP contribution in [-0.4, -0.2) is 36.3 Å². The van der Waals surface area contributed by atoms with Gasteiger partial charge in [-0.15, -0.1) is 0 Å². The summed E-state index contributed by atoms with van der Waals surface area (Å²) in [6, 6.07) is 4.10. The van der Waals surface area contributed by atoms with E-state index in [1.54, 1.807) is 0 Å². The van der Waals surface area contributed by atoms with Gasteiger partial charge in [0.15, 0.2) is 0 Å². The third-order valence-corrected chi connectivity index (χ3v) is 4.16. The molecule has 2 rings (SSSR count). The zero-order valence-corrected chi connectivity index (χ0v) is 13.2. The highest BCUT2D eigenvalue weighted by molar-refractivity contribution is 6.63. The first kappa shape index (κ1) is 16.4. The van der Waals surface area contributed by atoms with Gasteiger partial charge < -0.3 is 14.0 Å². The average molecular weight is 307 g/mol. The van der Waals surface area contributed by atoms with Crippen LogP contribution < -0.4 is 5.46 Å². The molecule has 0 saturated carbocycles. The minimum atomic E-state index is -0.864. The number of carbonyl (C=O) groups is 1. The van der Waals surface area contributed by atoms with E-state index in [9.17, 15) is 14.9 Å². The molecule has 0 aliphatic carbocycles. The number of carbonyl (C=O) groups excluding carboxylic acids is 1. The van der Waals surface area contributed by atoms with Crippen molar-refractivity contribution in [3.05, 3.63) is 33.9 Å². The molecule has 0 radical (unpaired) electrons. The number of rotatable bonds is 3. The van der Waals surface area contributed by atoms with Crippen LogP contribution in [0.15, 0.2) is 18.2 Å². The molecule has 1 fully saturated rings. The maximum atomic E-state index is 11.5. The fraction of sp³-hybridized carbons (Fsp3) is 0.500. The molecule has 8 heteroatoms. The normalized spacial score (nSPS) is 19.0. The van der Waals surface area contributed by atoms with Crippen LogP contribution >= 0.6 is 0 Å². The predicted molar refractivity (Wildman–Crippen MR) is 80.2 cm³/mol. The molecule has 0 bridgehead atoms. The van der Waals surface area contributed by atoms with Crippen LogP contribution in [-0.2, 0) is 14.0 Å². The molecule has 0 N–H and O–H groups in total. The summed E-state index contributed by atoms with van der Waals surface area (Å²) in [6.07, 6.45) is 0. The Hall–Kier alpha value is -1.93. The molecule has 0 amide bonds. The van der Waals surface area contributed by atoms with Crippen molar-refractivity contribution in [2.45, 2.75) is 38.9 Å². The van der Waals surface area contributed by atoms with Gasteiger partial charge in [0.25, 0.3) is 5.69 Å². The second kappa shape index (κ2) is 5.37. The first-order valence-corrected chi connectivity index (χ1v) is 6.81. The molecule has 118 valence electrons. The van der Waals surface area contributed by atoms with Gasteiger partial charge in [-0.2, -0.15) is 0 Å². The Morgan fingerprint density at radius 2 is 1.77 bits per heavy atom. The van der Waals surface area contributed by atoms with Crippen molar-refractivity contribution in [2.75, 3.05) is 7.11 Å². The summed E-state index contributed by atoms with van der Waals surface area (Å²) in [5.74, 6) is -0.636. The summed E-state index contributed by atoms with van der Waals surface area (Å²) < 4.78 is 16.2. The zero-order valence-electron chi connectivity index (χ0n) is 13.2. The third-order valence-electron chi connectivity index (χ3n) is 4.16. The van der Waals surface area contributed by atoms with Crippen LogP contribution in [0.3, 0.4) is 0 Å². The number of hydrogen-bond donors (Lipinski definition) is 0. The Kier molecular flexibility index (Phi) is 4.01. The van der Waals surface area contributed by atoms with Crippen LogP contribution in [0.1, 0.15) is 38.1 Å². The molecule has 7 nitrogen and oxygen atoms in total. The van der Waals surface area contributed by atoms with Gasteiger partial charge >= 0.3 is 13.1 Å². The number of hydrogen-bond acceptors (Lipinski definition) is 6. The predicted octanol–water partition coefficient (Wildman–Crippen LogP) is 1.68. The fourth-order valence-electron chi connectivity index (χ4n) is 2.12. The Labute approximate surface area is 128 Å². The molecule has 22 heavy (non-hydrogen) atoms. The number of nitrogens with zero attached hydrogens (tertiary/aromatic N) is 1. The van der Waals surface area contributed by atoms with Crippen molar-refractivity contribution in [3.63, 3.8) is 0 Å². The summed E-state index contributed by atoms with van der Waals surface area (Å²) in [4.78, 5) is 22.3. The summed E-state index contributed by atoms with van der Waals surface area (Å²) in [6.45, 7) is 7.45. The van der Waals surface area contributed by atoms with Crippen molar-refractivity contribution in [1.29, 1.82) is 0 Å². The van der Waals surface area contributed by atoms with Gasteiger partial charge in [0.05, 0.1) is 34.3 Å². The molecule has 0 atom stereocenters. The topological polar surface area (TPSA) is 87.9 Å². The smallest absolute Gasteiger partial charge is 0.465 e. The van der Waals surface area contributed by atoms with E-state index in [4.69, 9.17) is 9.31 Å². The second-order valence-electron chi connectivity index (χ2n) is 6.11. The van der Waals surface area contributed by atoms with Gasteiger partial charge in [-0.3, -0.25) is 10.1 Å². The molecule has 1 aromatic carbocycles.